The predicted molar refractivity (Wildman–Crippen MR) is 527 cm³/mol. The lowest BCUT2D eigenvalue weighted by molar-refractivity contribution is -0.182. The number of pyridine rings is 5. The zero-order valence-corrected chi connectivity index (χ0v) is 79.6. The maximum Gasteiger partial charge on any atom is 0.227 e. The molecule has 17 aliphatic heterocycles. The highest BCUT2D eigenvalue weighted by atomic mass is 16.4. The molecule has 15 aromatic rings. The van der Waals surface area contributed by atoms with Gasteiger partial charge < -0.3 is 22.1 Å². The van der Waals surface area contributed by atoms with E-state index in [4.69, 9.17) is 22.1 Å². The Morgan fingerprint density at radius 3 is 0.962 bits per heavy atom. The van der Waals surface area contributed by atoms with Crippen LogP contribution in [0.4, 0.5) is 0 Å². The summed E-state index contributed by atoms with van der Waals surface area (Å²) in [5, 5.41) is 11.9. The Labute approximate surface area is 775 Å². The number of hydrogen-bond donors (Lipinski definition) is 0. The molecule has 36 rings (SSSR count). The van der Waals surface area contributed by atoms with Gasteiger partial charge in [0, 0.05) is 246 Å². The van der Waals surface area contributed by atoms with Crippen LogP contribution in [0.25, 0.3) is 110 Å². The van der Waals surface area contributed by atoms with Gasteiger partial charge in [-0.3, -0.25) is 34.3 Å². The zero-order chi connectivity index (χ0) is 88.9. The van der Waals surface area contributed by atoms with Crippen molar-refractivity contribution in [2.75, 3.05) is 78.8 Å². The monoisotopic (exact) mass is 1760 g/mol. The largest absolute Gasteiger partial charge is 0.437 e. The molecule has 680 valence electrons. The molecule has 0 radical (unpaired) electrons. The quantitative estimate of drug-likeness (QED) is 0.160. The molecule has 4 saturated carbocycles. The molecule has 21 aliphatic rings. The molecule has 4 aliphatic carbocycles. The van der Waals surface area contributed by atoms with Crippen molar-refractivity contribution in [1.82, 2.24) is 59.2 Å². The molecule has 20 bridgehead atoms. The summed E-state index contributed by atoms with van der Waals surface area (Å²) in [7, 11) is 0. The topological polar surface area (TPSA) is 153 Å². The minimum atomic E-state index is 0.177. The third kappa shape index (κ3) is 11.5. The summed E-state index contributed by atoms with van der Waals surface area (Å²) in [5.74, 6) is 6.61. The molecular formula is C115H130N12O5. The van der Waals surface area contributed by atoms with E-state index in [2.05, 4.69) is 233 Å². The van der Waals surface area contributed by atoms with Crippen LogP contribution >= 0.6 is 0 Å². The molecule has 0 N–H and O–H groups in total. The van der Waals surface area contributed by atoms with Crippen molar-refractivity contribution in [3.8, 4) is 0 Å². The molecule has 1 spiro atoms. The minimum Gasteiger partial charge on any atom is -0.437 e. The number of aryl methyl sites for hydroxylation is 5. The van der Waals surface area contributed by atoms with Crippen molar-refractivity contribution >= 4 is 110 Å². The molecule has 0 amide bonds. The second-order valence-corrected chi connectivity index (χ2v) is 46.5. The average Bonchev–Trinajstić information content (AvgIpc) is 0.988. The summed E-state index contributed by atoms with van der Waals surface area (Å²) in [6.07, 6.45) is 31.1. The fourth-order valence-corrected chi connectivity index (χ4v) is 34.5. The summed E-state index contributed by atoms with van der Waals surface area (Å²) >= 11 is 0. The van der Waals surface area contributed by atoms with E-state index in [-0.39, 0.29) is 27.1 Å². The standard InChI is InChI=1S/C27H32N2O.C24H28N2O.C22H24N2O.2C21H23N3O/c1-17-8-9-21-22-7-6-12-28-25(22)30-24(21)23(17)26-14-19-13-20(15-26)27(10-4-3-5-11-27)29(16-19)18(26)2;1-14-7-8-18-19-6-5-9-25-22(19)27-21(18)20(14)24-11-16-10-17(12-24)23(3,4)26(13-16)15(24)2;1-13-5-6-17-18-4-3-7-23-21(18)25-20(17)19(13)22-9-15-8-16(10-22)12-24(11-15)14(22)2;2*1-13-5-6-16-17-4-3-7-22-20(17)25-19(16)18(13)21-8-15-9-23(11-21)12-24(10-15)14(21)2/h6-9,12,18-20H,3-5,10-11,13-16H2,1-2H3;5-9,15-17H,10-13H2,1-4H3;3-7,14-16H,8-12H2,1-2H3;2*3-7,14-15H,8-12H2,1-2H3. The van der Waals surface area contributed by atoms with Gasteiger partial charge in [0.25, 0.3) is 0 Å². The highest BCUT2D eigenvalue weighted by Gasteiger charge is 2.67. The lowest BCUT2D eigenvalue weighted by Crippen LogP contribution is -2.75. The van der Waals surface area contributed by atoms with Crippen LogP contribution in [-0.2, 0) is 27.1 Å². The molecule has 17 saturated heterocycles. The van der Waals surface area contributed by atoms with E-state index >= 15 is 0 Å². The van der Waals surface area contributed by atoms with E-state index in [0.717, 1.165) is 157 Å². The van der Waals surface area contributed by atoms with Crippen LogP contribution in [0.2, 0.25) is 0 Å². The van der Waals surface area contributed by atoms with Gasteiger partial charge in [0.05, 0.1) is 13.3 Å². The van der Waals surface area contributed by atoms with E-state index in [1.54, 1.807) is 0 Å². The molecule has 132 heavy (non-hydrogen) atoms. The maximum atomic E-state index is 6.51. The van der Waals surface area contributed by atoms with Crippen LogP contribution in [0.5, 0.6) is 0 Å². The van der Waals surface area contributed by atoms with E-state index in [9.17, 15) is 0 Å². The fraction of sp³-hybridized carbons (Fsp3) is 0.522. The van der Waals surface area contributed by atoms with Gasteiger partial charge in [-0.25, -0.2) is 24.9 Å². The molecule has 5 aromatic carbocycles. The molecule has 27 heterocycles. The van der Waals surface area contributed by atoms with Crippen molar-refractivity contribution in [1.29, 1.82) is 0 Å². The Bertz CT molecular complexity index is 6790. The average molecular weight is 1760 g/mol. The zero-order valence-electron chi connectivity index (χ0n) is 79.6. The van der Waals surface area contributed by atoms with Crippen LogP contribution in [0.15, 0.2) is 174 Å². The van der Waals surface area contributed by atoms with Crippen molar-refractivity contribution in [3.63, 3.8) is 0 Å². The molecule has 17 heteroatoms. The van der Waals surface area contributed by atoms with Crippen molar-refractivity contribution in [2.45, 2.75) is 254 Å². The first-order valence-electron chi connectivity index (χ1n) is 51.1. The Morgan fingerprint density at radius 1 is 0.288 bits per heavy atom. The van der Waals surface area contributed by atoms with Gasteiger partial charge in [0.1, 0.15) is 27.9 Å². The lowest BCUT2D eigenvalue weighted by atomic mass is 9.46. The summed E-state index contributed by atoms with van der Waals surface area (Å²) in [6, 6.07) is 46.3. The van der Waals surface area contributed by atoms with E-state index in [0.29, 0.717) is 41.3 Å². The van der Waals surface area contributed by atoms with Crippen LogP contribution in [0.1, 0.15) is 207 Å². The first-order chi connectivity index (χ1) is 64.0. The predicted octanol–water partition coefficient (Wildman–Crippen LogP) is 23.5. The first-order valence-corrected chi connectivity index (χ1v) is 51.1. The lowest BCUT2D eigenvalue weighted by Gasteiger charge is -2.71. The van der Waals surface area contributed by atoms with Gasteiger partial charge in [-0.2, -0.15) is 0 Å². The smallest absolute Gasteiger partial charge is 0.227 e. The number of fused-ring (bicyclic) bond motifs is 15. The highest BCUT2D eigenvalue weighted by Crippen LogP contribution is 2.67. The Balaban J connectivity index is 0.0000000846. The molecule has 23 atom stereocenters. The number of aromatic nitrogens is 5. The number of furan rings is 5. The Morgan fingerprint density at radius 2 is 0.591 bits per heavy atom. The maximum absolute atomic E-state index is 6.51. The molecule has 10 aromatic heterocycles. The van der Waals surface area contributed by atoms with Gasteiger partial charge in [-0.1, -0.05) is 79.9 Å². The second kappa shape index (κ2) is 29.3. The van der Waals surface area contributed by atoms with Crippen molar-refractivity contribution in [2.24, 2.45) is 47.3 Å². The van der Waals surface area contributed by atoms with Crippen LogP contribution in [-0.4, -0.2) is 179 Å². The number of hydrogen-bond acceptors (Lipinski definition) is 17. The number of nitrogens with zero attached hydrogens (tertiary/aromatic N) is 12. The van der Waals surface area contributed by atoms with Crippen LogP contribution in [0, 0.1) is 82.0 Å². The van der Waals surface area contributed by atoms with Crippen molar-refractivity contribution < 1.29 is 22.1 Å². The summed E-state index contributed by atoms with van der Waals surface area (Å²) in [4.78, 5) is 41.7. The summed E-state index contributed by atoms with van der Waals surface area (Å²) in [5.41, 5.74) is 25.5. The second-order valence-electron chi connectivity index (χ2n) is 46.5. The van der Waals surface area contributed by atoms with Gasteiger partial charge in [0.15, 0.2) is 0 Å². The summed E-state index contributed by atoms with van der Waals surface area (Å²) in [6.45, 7) is 43.5. The third-order valence-electron chi connectivity index (χ3n) is 39.7. The van der Waals surface area contributed by atoms with Crippen LogP contribution < -0.4 is 0 Å². The fourth-order valence-electron chi connectivity index (χ4n) is 34.5. The minimum absolute atomic E-state index is 0.177. The van der Waals surface area contributed by atoms with E-state index < -0.39 is 0 Å². The third-order valence-corrected chi connectivity index (χ3v) is 39.7. The van der Waals surface area contributed by atoms with Crippen molar-refractivity contribution in [3.05, 3.63) is 208 Å². The molecule has 23 unspecified atom stereocenters. The Hall–Kier alpha value is -9.43. The SMILES string of the molecule is Cc1ccc2c(oc3ncccc32)c1C12CC3CC(C1)C(C)(C)N(C3)C2C.Cc1ccc2c(oc3ncccc32)c1C12CC3CC(C1)C1(CCCCC1)N(C3)C2C.Cc1ccc2c(oc3ncccc32)c1C12CC3CC(CN(C3)C1C)C2.Cc1ccc2c(oc3ncccc32)c1C12CC3CN(CN(C3)C1C)C2.Cc1ccc2c(oc3ncccc32)c1C12CC3CN(CN(C3)C1C)C2. The normalized spacial score (nSPS) is 36.7. The van der Waals surface area contributed by atoms with Gasteiger partial charge in [0.2, 0.25) is 28.6 Å². The molecule has 17 nitrogen and oxygen atoms in total. The molecule has 21 fully saturated rings. The molecular weight excluding hydrogens is 1630 g/mol. The summed E-state index contributed by atoms with van der Waals surface area (Å²) < 4.78 is 32.0. The van der Waals surface area contributed by atoms with E-state index in [1.165, 1.54) is 238 Å². The number of benzene rings is 5. The number of piperidine rings is 13. The van der Waals surface area contributed by atoms with Crippen LogP contribution in [0.3, 0.4) is 0 Å². The van der Waals surface area contributed by atoms with Gasteiger partial charge in [-0.05, 0) is 302 Å². The highest BCUT2D eigenvalue weighted by molar-refractivity contribution is 6.09. The number of rotatable bonds is 5. The Kier molecular flexibility index (Phi) is 18.2. The first kappa shape index (κ1) is 82.1. The van der Waals surface area contributed by atoms with Gasteiger partial charge in [-0.15, -0.1) is 0 Å². The van der Waals surface area contributed by atoms with Gasteiger partial charge >= 0.3 is 0 Å². The van der Waals surface area contributed by atoms with E-state index in [1.807, 2.05) is 61.3 Å².